The fraction of sp³-hybridized carbons (Fsp3) is 0.611. The van der Waals surface area contributed by atoms with Gasteiger partial charge in [0.25, 0.3) is 0 Å². The smallest absolute Gasteiger partial charge is 0.357 e. The number of hydrogen-bond donors (Lipinski definition) is 2. The van der Waals surface area contributed by atoms with Gasteiger partial charge in [0.2, 0.25) is 10.0 Å². The van der Waals surface area contributed by atoms with E-state index in [1.165, 1.54) is 24.9 Å². The molecule has 1 fully saturated rings. The summed E-state index contributed by atoms with van der Waals surface area (Å²) in [5.41, 5.74) is 0.723. The Hall–Kier alpha value is -1.12. The predicted octanol–water partition coefficient (Wildman–Crippen LogP) is 2.25. The molecule has 30 heavy (non-hydrogen) atoms. The van der Waals surface area contributed by atoms with Crippen molar-refractivity contribution >= 4 is 40.0 Å². The minimum Gasteiger partial charge on any atom is -0.357 e. The molecule has 7 nitrogen and oxygen atoms in total. The molecule has 1 saturated heterocycles. The monoisotopic (exact) mass is 563 g/mol. The lowest BCUT2D eigenvalue weighted by Crippen LogP contribution is -2.56. The molecule has 0 amide bonds. The van der Waals surface area contributed by atoms with Gasteiger partial charge in [-0.3, -0.25) is 4.90 Å². The summed E-state index contributed by atoms with van der Waals surface area (Å²) in [4.78, 5) is 8.06. The standard InChI is InChI=1S/C18H28F3N5O2S.HI/c1-4-23-17(26-10-8-25(9-11-26)14(2)18(19,20)21)24-13-15-6-5-7-16(12-15)29(27,28)22-3;/h5-7,12,14,22H,4,8-11,13H2,1-3H3,(H,23,24);1H. The van der Waals surface area contributed by atoms with Gasteiger partial charge in [0.05, 0.1) is 11.4 Å². The summed E-state index contributed by atoms with van der Waals surface area (Å²) in [5, 5.41) is 3.16. The number of nitrogens with one attached hydrogen (secondary N) is 2. The molecule has 0 bridgehead atoms. The van der Waals surface area contributed by atoms with Crippen LogP contribution >= 0.6 is 24.0 Å². The number of alkyl halides is 3. The summed E-state index contributed by atoms with van der Waals surface area (Å²) in [5.74, 6) is 0.605. The number of piperazine rings is 1. The maximum atomic E-state index is 12.9. The third kappa shape index (κ3) is 7.24. The molecule has 0 spiro atoms. The van der Waals surface area contributed by atoms with Crippen molar-refractivity contribution in [2.45, 2.75) is 37.5 Å². The summed E-state index contributed by atoms with van der Waals surface area (Å²) in [6.45, 7) is 5.42. The number of benzene rings is 1. The van der Waals surface area contributed by atoms with E-state index >= 15 is 0 Å². The summed E-state index contributed by atoms with van der Waals surface area (Å²) in [6, 6.07) is 5.03. The average Bonchev–Trinajstić information content (AvgIpc) is 2.70. The van der Waals surface area contributed by atoms with Gasteiger partial charge in [0.15, 0.2) is 5.96 Å². The number of aliphatic imine (C=N–C) groups is 1. The molecule has 1 aromatic rings. The van der Waals surface area contributed by atoms with E-state index in [0.717, 1.165) is 5.56 Å². The predicted molar refractivity (Wildman–Crippen MR) is 122 cm³/mol. The first-order valence-corrected chi connectivity index (χ1v) is 10.9. The zero-order valence-electron chi connectivity index (χ0n) is 17.2. The molecule has 172 valence electrons. The van der Waals surface area contributed by atoms with Crippen molar-refractivity contribution in [3.05, 3.63) is 29.8 Å². The van der Waals surface area contributed by atoms with Crippen LogP contribution in [0.1, 0.15) is 19.4 Å². The van der Waals surface area contributed by atoms with E-state index in [4.69, 9.17) is 0 Å². The Labute approximate surface area is 193 Å². The third-order valence-corrected chi connectivity index (χ3v) is 6.27. The van der Waals surface area contributed by atoms with Crippen LogP contribution < -0.4 is 10.0 Å². The van der Waals surface area contributed by atoms with Crippen LogP contribution in [0.2, 0.25) is 0 Å². The summed E-state index contributed by atoms with van der Waals surface area (Å²) >= 11 is 0. The van der Waals surface area contributed by atoms with Crippen LogP contribution in [-0.4, -0.2) is 76.2 Å². The van der Waals surface area contributed by atoms with Gasteiger partial charge >= 0.3 is 6.18 Å². The summed E-state index contributed by atoms with van der Waals surface area (Å²) in [6.07, 6.45) is -4.24. The van der Waals surface area contributed by atoms with E-state index < -0.39 is 22.2 Å². The van der Waals surface area contributed by atoms with E-state index in [-0.39, 0.29) is 35.4 Å². The van der Waals surface area contributed by atoms with Crippen molar-refractivity contribution in [2.75, 3.05) is 39.8 Å². The zero-order valence-corrected chi connectivity index (χ0v) is 20.4. The second-order valence-electron chi connectivity index (χ2n) is 6.77. The normalized spacial score (nSPS) is 17.4. The van der Waals surface area contributed by atoms with Gasteiger partial charge < -0.3 is 10.2 Å². The molecule has 1 aliphatic rings. The number of halogens is 4. The fourth-order valence-electron chi connectivity index (χ4n) is 3.05. The van der Waals surface area contributed by atoms with Gasteiger partial charge in [0, 0.05) is 32.7 Å². The van der Waals surface area contributed by atoms with Gasteiger partial charge in [-0.05, 0) is 38.6 Å². The lowest BCUT2D eigenvalue weighted by atomic mass is 10.2. The Kier molecular flexibility index (Phi) is 10.3. The molecule has 0 aromatic heterocycles. The topological polar surface area (TPSA) is 77.0 Å². The van der Waals surface area contributed by atoms with Crippen LogP contribution in [-0.2, 0) is 16.6 Å². The van der Waals surface area contributed by atoms with Gasteiger partial charge in [-0.15, -0.1) is 24.0 Å². The number of rotatable bonds is 6. The highest BCUT2D eigenvalue weighted by molar-refractivity contribution is 14.0. The minimum atomic E-state index is -4.24. The Balaban J connectivity index is 0.00000450. The lowest BCUT2D eigenvalue weighted by molar-refractivity contribution is -0.181. The number of nitrogens with zero attached hydrogens (tertiary/aromatic N) is 3. The van der Waals surface area contributed by atoms with E-state index in [0.29, 0.717) is 38.7 Å². The third-order valence-electron chi connectivity index (χ3n) is 4.86. The van der Waals surface area contributed by atoms with Crippen molar-refractivity contribution in [3.8, 4) is 0 Å². The van der Waals surface area contributed by atoms with Gasteiger partial charge in [0.1, 0.15) is 6.04 Å². The Morgan fingerprint density at radius 2 is 1.87 bits per heavy atom. The SMILES string of the molecule is CCNC(=NCc1cccc(S(=O)(=O)NC)c1)N1CCN(C(C)C(F)(F)F)CC1.I. The number of sulfonamides is 1. The van der Waals surface area contributed by atoms with Crippen LogP contribution in [0, 0.1) is 0 Å². The highest BCUT2D eigenvalue weighted by Crippen LogP contribution is 2.25. The summed E-state index contributed by atoms with van der Waals surface area (Å²) in [7, 11) is -2.19. The quantitative estimate of drug-likeness (QED) is 0.316. The second kappa shape index (κ2) is 11.5. The van der Waals surface area contributed by atoms with Crippen LogP contribution in [0.25, 0.3) is 0 Å². The van der Waals surface area contributed by atoms with E-state index in [1.807, 2.05) is 11.8 Å². The molecule has 0 radical (unpaired) electrons. The molecule has 1 unspecified atom stereocenters. The first-order valence-electron chi connectivity index (χ1n) is 9.45. The van der Waals surface area contributed by atoms with E-state index in [2.05, 4.69) is 15.0 Å². The Morgan fingerprint density at radius 1 is 1.23 bits per heavy atom. The van der Waals surface area contributed by atoms with Gasteiger partial charge in [-0.25, -0.2) is 18.1 Å². The van der Waals surface area contributed by atoms with E-state index in [1.54, 1.807) is 18.2 Å². The van der Waals surface area contributed by atoms with Crippen molar-refractivity contribution in [2.24, 2.45) is 4.99 Å². The maximum absolute atomic E-state index is 12.9. The molecule has 1 heterocycles. The first-order chi connectivity index (χ1) is 13.6. The van der Waals surface area contributed by atoms with Gasteiger partial charge in [-0.1, -0.05) is 12.1 Å². The van der Waals surface area contributed by atoms with Crippen LogP contribution in [0.15, 0.2) is 34.2 Å². The van der Waals surface area contributed by atoms with Crippen LogP contribution in [0.5, 0.6) is 0 Å². The van der Waals surface area contributed by atoms with E-state index in [9.17, 15) is 21.6 Å². The Bertz CT molecular complexity index is 812. The average molecular weight is 563 g/mol. The van der Waals surface area contributed by atoms with Crippen molar-refractivity contribution < 1.29 is 21.6 Å². The van der Waals surface area contributed by atoms with Crippen LogP contribution in [0.4, 0.5) is 13.2 Å². The molecular weight excluding hydrogens is 534 g/mol. The van der Waals surface area contributed by atoms with Gasteiger partial charge in [-0.2, -0.15) is 13.2 Å². The van der Waals surface area contributed by atoms with Crippen molar-refractivity contribution in [1.29, 1.82) is 0 Å². The fourth-order valence-corrected chi connectivity index (χ4v) is 3.85. The maximum Gasteiger partial charge on any atom is 0.403 e. The molecule has 12 heteroatoms. The highest BCUT2D eigenvalue weighted by atomic mass is 127. The molecule has 1 atom stereocenters. The number of guanidine groups is 1. The molecule has 1 aromatic carbocycles. The lowest BCUT2D eigenvalue weighted by Gasteiger charge is -2.39. The molecule has 2 rings (SSSR count). The van der Waals surface area contributed by atoms with Crippen molar-refractivity contribution in [3.63, 3.8) is 0 Å². The Morgan fingerprint density at radius 3 is 2.40 bits per heavy atom. The molecule has 0 saturated carbocycles. The molecular formula is C18H29F3IN5O2S. The summed E-state index contributed by atoms with van der Waals surface area (Å²) < 4.78 is 64.9. The second-order valence-corrected chi connectivity index (χ2v) is 8.65. The largest absolute Gasteiger partial charge is 0.403 e. The molecule has 0 aliphatic carbocycles. The zero-order chi connectivity index (χ0) is 21.7. The van der Waals surface area contributed by atoms with Crippen molar-refractivity contribution in [1.82, 2.24) is 19.8 Å². The molecule has 1 aliphatic heterocycles. The van der Waals surface area contributed by atoms with Crippen LogP contribution in [0.3, 0.4) is 0 Å². The minimum absolute atomic E-state index is 0. The number of hydrogen-bond acceptors (Lipinski definition) is 4. The first kappa shape index (κ1) is 26.9. The highest BCUT2D eigenvalue weighted by Gasteiger charge is 2.41. The molecule has 2 N–H and O–H groups in total.